The number of carbonyl (C=O) groups excluding carboxylic acids is 2. The predicted molar refractivity (Wildman–Crippen MR) is 162 cm³/mol. The SMILES string of the molecule is CCOc1ccccc1N(CC(=O)N(Cc1ccc(C)cc1)[C@@H](C)C(=O)N[C@H](C)CC)S(=O)(=O)c1ccc(C)cc1. The highest BCUT2D eigenvalue weighted by molar-refractivity contribution is 7.92. The lowest BCUT2D eigenvalue weighted by atomic mass is 10.1. The summed E-state index contributed by atoms with van der Waals surface area (Å²) < 4.78 is 35.0. The summed E-state index contributed by atoms with van der Waals surface area (Å²) in [6, 6.07) is 20.0. The maximum absolute atomic E-state index is 14.1. The van der Waals surface area contributed by atoms with E-state index in [-0.39, 0.29) is 29.1 Å². The Morgan fingerprint density at radius 2 is 1.46 bits per heavy atom. The number of nitrogens with zero attached hydrogens (tertiary/aromatic N) is 2. The molecule has 220 valence electrons. The van der Waals surface area contributed by atoms with Gasteiger partial charge in [-0.15, -0.1) is 0 Å². The van der Waals surface area contributed by atoms with Crippen molar-refractivity contribution < 1.29 is 22.7 Å². The van der Waals surface area contributed by atoms with E-state index in [1.54, 1.807) is 43.3 Å². The van der Waals surface area contributed by atoms with Gasteiger partial charge in [0.2, 0.25) is 11.8 Å². The van der Waals surface area contributed by atoms with Gasteiger partial charge in [-0.2, -0.15) is 0 Å². The van der Waals surface area contributed by atoms with E-state index in [4.69, 9.17) is 4.74 Å². The summed E-state index contributed by atoms with van der Waals surface area (Å²) >= 11 is 0. The molecule has 0 aliphatic rings. The molecule has 3 rings (SSSR count). The molecule has 0 radical (unpaired) electrons. The molecule has 0 saturated carbocycles. The van der Waals surface area contributed by atoms with Crippen LogP contribution in [-0.4, -0.2) is 50.4 Å². The summed E-state index contributed by atoms with van der Waals surface area (Å²) in [5.74, 6) is -0.479. The van der Waals surface area contributed by atoms with E-state index < -0.39 is 28.5 Å². The van der Waals surface area contributed by atoms with Gasteiger partial charge in [0.05, 0.1) is 17.2 Å². The van der Waals surface area contributed by atoms with E-state index in [9.17, 15) is 18.0 Å². The minimum atomic E-state index is -4.18. The standard InChI is InChI=1S/C32H41N3O5S/c1-7-25(5)33-32(37)26(6)34(21-27-17-13-23(3)14-18-27)31(36)22-35(29-11-9-10-12-30(29)40-8-2)41(38,39)28-19-15-24(4)16-20-28/h9-20,25-26H,7-8,21-22H2,1-6H3,(H,33,37)/t25-,26+/m1/s1. The fraction of sp³-hybridized carbons (Fsp3) is 0.375. The number of aryl methyl sites for hydroxylation is 2. The van der Waals surface area contributed by atoms with Gasteiger partial charge in [0.1, 0.15) is 18.3 Å². The number of sulfonamides is 1. The van der Waals surface area contributed by atoms with Gasteiger partial charge in [-0.05, 0) is 70.9 Å². The molecule has 3 aromatic rings. The maximum Gasteiger partial charge on any atom is 0.264 e. The van der Waals surface area contributed by atoms with Crippen molar-refractivity contribution >= 4 is 27.5 Å². The lowest BCUT2D eigenvalue weighted by molar-refractivity contribution is -0.139. The van der Waals surface area contributed by atoms with Crippen LogP contribution < -0.4 is 14.4 Å². The molecule has 2 amide bonds. The molecular weight excluding hydrogens is 538 g/mol. The second-order valence-electron chi connectivity index (χ2n) is 10.2. The van der Waals surface area contributed by atoms with Crippen molar-refractivity contribution in [2.24, 2.45) is 0 Å². The van der Waals surface area contributed by atoms with Crippen molar-refractivity contribution in [3.63, 3.8) is 0 Å². The number of hydrogen-bond acceptors (Lipinski definition) is 5. The van der Waals surface area contributed by atoms with Crippen molar-refractivity contribution in [2.45, 2.75) is 71.5 Å². The highest BCUT2D eigenvalue weighted by Crippen LogP contribution is 2.33. The van der Waals surface area contributed by atoms with E-state index in [1.807, 2.05) is 58.9 Å². The summed E-state index contributed by atoms with van der Waals surface area (Å²) in [6.45, 7) is 11.1. The zero-order valence-electron chi connectivity index (χ0n) is 24.8. The van der Waals surface area contributed by atoms with Crippen molar-refractivity contribution in [3.8, 4) is 5.75 Å². The molecule has 0 aromatic heterocycles. The van der Waals surface area contributed by atoms with Crippen LogP contribution in [0.4, 0.5) is 5.69 Å². The number of rotatable bonds is 13. The van der Waals surface area contributed by atoms with E-state index in [2.05, 4.69) is 5.32 Å². The van der Waals surface area contributed by atoms with Gasteiger partial charge >= 0.3 is 0 Å². The first kappa shape index (κ1) is 31.7. The van der Waals surface area contributed by atoms with E-state index in [0.29, 0.717) is 12.4 Å². The fourth-order valence-corrected chi connectivity index (χ4v) is 5.65. The Labute approximate surface area is 244 Å². The summed E-state index contributed by atoms with van der Waals surface area (Å²) in [5.41, 5.74) is 3.05. The highest BCUT2D eigenvalue weighted by Gasteiger charge is 2.34. The van der Waals surface area contributed by atoms with Gasteiger partial charge in [-0.1, -0.05) is 66.6 Å². The smallest absolute Gasteiger partial charge is 0.264 e. The molecule has 1 N–H and O–H groups in total. The number of anilines is 1. The first-order chi connectivity index (χ1) is 19.5. The van der Waals surface area contributed by atoms with Gasteiger partial charge in [0.15, 0.2) is 0 Å². The van der Waals surface area contributed by atoms with Crippen molar-refractivity contribution in [2.75, 3.05) is 17.5 Å². The number of ether oxygens (including phenoxy) is 1. The monoisotopic (exact) mass is 579 g/mol. The third kappa shape index (κ3) is 8.10. The van der Waals surface area contributed by atoms with Crippen LogP contribution >= 0.6 is 0 Å². The van der Waals surface area contributed by atoms with Crippen LogP contribution in [0.15, 0.2) is 77.7 Å². The van der Waals surface area contributed by atoms with Crippen LogP contribution in [-0.2, 0) is 26.2 Å². The number of hydrogen-bond donors (Lipinski definition) is 1. The Kier molecular flexibility index (Phi) is 10.9. The number of amides is 2. The first-order valence-electron chi connectivity index (χ1n) is 13.9. The molecule has 3 aromatic carbocycles. The molecule has 0 heterocycles. The van der Waals surface area contributed by atoms with Crippen LogP contribution in [0, 0.1) is 13.8 Å². The predicted octanol–water partition coefficient (Wildman–Crippen LogP) is 5.23. The van der Waals surface area contributed by atoms with E-state index >= 15 is 0 Å². The highest BCUT2D eigenvalue weighted by atomic mass is 32.2. The summed E-state index contributed by atoms with van der Waals surface area (Å²) in [6.07, 6.45) is 0.737. The third-order valence-corrected chi connectivity index (χ3v) is 8.74. The lowest BCUT2D eigenvalue weighted by Gasteiger charge is -2.33. The number of benzene rings is 3. The Morgan fingerprint density at radius 1 is 0.878 bits per heavy atom. The first-order valence-corrected chi connectivity index (χ1v) is 15.4. The van der Waals surface area contributed by atoms with Crippen molar-refractivity contribution in [3.05, 3.63) is 89.5 Å². The lowest BCUT2D eigenvalue weighted by Crippen LogP contribution is -2.52. The zero-order valence-corrected chi connectivity index (χ0v) is 25.6. The van der Waals surface area contributed by atoms with E-state index in [1.165, 1.54) is 17.0 Å². The molecule has 8 nitrogen and oxygen atoms in total. The van der Waals surface area contributed by atoms with Crippen LogP contribution in [0.3, 0.4) is 0 Å². The normalized spacial score (nSPS) is 12.7. The summed E-state index contributed by atoms with van der Waals surface area (Å²) in [4.78, 5) is 28.8. The Bertz CT molecular complexity index is 1420. The summed E-state index contributed by atoms with van der Waals surface area (Å²) in [5, 5.41) is 2.95. The van der Waals surface area contributed by atoms with Gasteiger partial charge in [-0.3, -0.25) is 13.9 Å². The third-order valence-electron chi connectivity index (χ3n) is 6.96. The fourth-order valence-electron chi connectivity index (χ4n) is 4.23. The molecule has 0 spiro atoms. The molecule has 0 fully saturated rings. The molecular formula is C32H41N3O5S. The molecule has 0 unspecified atom stereocenters. The quantitative estimate of drug-likeness (QED) is 0.299. The minimum absolute atomic E-state index is 0.0508. The molecule has 0 aliphatic heterocycles. The van der Waals surface area contributed by atoms with Crippen LogP contribution in [0.2, 0.25) is 0 Å². The van der Waals surface area contributed by atoms with E-state index in [0.717, 1.165) is 27.4 Å². The molecule has 2 atom stereocenters. The van der Waals surface area contributed by atoms with Crippen LogP contribution in [0.25, 0.3) is 0 Å². The molecule has 0 bridgehead atoms. The van der Waals surface area contributed by atoms with Gasteiger partial charge in [0, 0.05) is 12.6 Å². The zero-order chi connectivity index (χ0) is 30.2. The number of carbonyl (C=O) groups is 2. The van der Waals surface area contributed by atoms with Gasteiger partial charge in [0.25, 0.3) is 10.0 Å². The van der Waals surface area contributed by atoms with Gasteiger partial charge in [-0.25, -0.2) is 8.42 Å². The van der Waals surface area contributed by atoms with Gasteiger partial charge < -0.3 is 15.0 Å². The average Bonchev–Trinajstić information content (AvgIpc) is 2.95. The molecule has 0 aliphatic carbocycles. The Morgan fingerprint density at radius 3 is 2.05 bits per heavy atom. The topological polar surface area (TPSA) is 96.0 Å². The van der Waals surface area contributed by atoms with Crippen molar-refractivity contribution in [1.29, 1.82) is 0 Å². The Hall–Kier alpha value is -3.85. The molecule has 0 saturated heterocycles. The van der Waals surface area contributed by atoms with Crippen molar-refractivity contribution in [1.82, 2.24) is 10.2 Å². The largest absolute Gasteiger partial charge is 0.492 e. The second-order valence-corrected chi connectivity index (χ2v) is 12.1. The average molecular weight is 580 g/mol. The molecule has 41 heavy (non-hydrogen) atoms. The second kappa shape index (κ2) is 14.2. The van der Waals surface area contributed by atoms with Crippen LogP contribution in [0.1, 0.15) is 50.8 Å². The maximum atomic E-state index is 14.1. The Balaban J connectivity index is 2.07. The minimum Gasteiger partial charge on any atom is -0.492 e. The molecule has 9 heteroatoms. The summed E-state index contributed by atoms with van der Waals surface area (Å²) in [7, 11) is -4.18. The van der Waals surface area contributed by atoms with Crippen LogP contribution in [0.5, 0.6) is 5.75 Å². The number of para-hydroxylation sites is 2. The number of nitrogens with one attached hydrogen (secondary N) is 1.